The zero-order valence-electron chi connectivity index (χ0n) is 9.13. The second-order valence-electron chi connectivity index (χ2n) is 4.07. The van der Waals surface area contributed by atoms with Crippen molar-refractivity contribution in [3.8, 4) is 0 Å². The molecule has 92 valence electrons. The molecule has 1 saturated heterocycles. The van der Waals surface area contributed by atoms with Gasteiger partial charge in [0.05, 0.1) is 5.56 Å². The van der Waals surface area contributed by atoms with Gasteiger partial charge in [0, 0.05) is 26.5 Å². The van der Waals surface area contributed by atoms with Crippen LogP contribution in [0.15, 0.2) is 22.7 Å². The van der Waals surface area contributed by atoms with E-state index in [2.05, 4.69) is 38.5 Å². The number of halogens is 3. The molecule has 2 rings (SSSR count). The Morgan fingerprint density at radius 1 is 1.59 bits per heavy atom. The molecule has 1 amide bonds. The fourth-order valence-corrected chi connectivity index (χ4v) is 3.31. The number of likely N-dealkylation sites (tertiary alicyclic amines) is 1. The summed E-state index contributed by atoms with van der Waals surface area (Å²) >= 11 is 11.5. The van der Waals surface area contributed by atoms with Crippen molar-refractivity contribution < 1.29 is 4.79 Å². The number of alkyl halides is 1. The van der Waals surface area contributed by atoms with E-state index in [1.165, 1.54) is 0 Å². The number of carbonyl (C=O) groups is 1. The Kier molecular flexibility index (Phi) is 4.72. The highest BCUT2D eigenvalue weighted by Crippen LogP contribution is 2.26. The Morgan fingerprint density at radius 2 is 2.35 bits per heavy atom. The molecule has 5 heteroatoms. The standard InChI is InChI=1S/C12H12BrClINO/c13-11-4-3-8(15)6-10(11)12(17)16-5-1-2-9(16)7-14/h3-4,6,9H,1-2,5,7H2. The molecule has 0 aliphatic carbocycles. The van der Waals surface area contributed by atoms with E-state index < -0.39 is 0 Å². The maximum absolute atomic E-state index is 12.4. The number of carbonyl (C=O) groups excluding carboxylic acids is 1. The van der Waals surface area contributed by atoms with Crippen molar-refractivity contribution >= 4 is 56.0 Å². The van der Waals surface area contributed by atoms with Gasteiger partial charge in [-0.3, -0.25) is 4.79 Å². The molecule has 0 bridgehead atoms. The van der Waals surface area contributed by atoms with Crippen LogP contribution in [-0.4, -0.2) is 29.3 Å². The van der Waals surface area contributed by atoms with Crippen molar-refractivity contribution in [2.75, 3.05) is 12.4 Å². The smallest absolute Gasteiger partial charge is 0.255 e. The molecule has 1 unspecified atom stereocenters. The Balaban J connectivity index is 2.27. The van der Waals surface area contributed by atoms with Gasteiger partial charge < -0.3 is 4.90 Å². The second-order valence-corrected chi connectivity index (χ2v) is 6.48. The van der Waals surface area contributed by atoms with Crippen molar-refractivity contribution in [2.24, 2.45) is 0 Å². The topological polar surface area (TPSA) is 20.3 Å². The Bertz CT molecular complexity index is 441. The van der Waals surface area contributed by atoms with Crippen molar-refractivity contribution in [1.29, 1.82) is 0 Å². The molecule has 17 heavy (non-hydrogen) atoms. The first kappa shape index (κ1) is 13.6. The van der Waals surface area contributed by atoms with Crippen molar-refractivity contribution in [1.82, 2.24) is 4.90 Å². The number of hydrogen-bond acceptors (Lipinski definition) is 1. The van der Waals surface area contributed by atoms with Crippen molar-refractivity contribution in [2.45, 2.75) is 18.9 Å². The summed E-state index contributed by atoms with van der Waals surface area (Å²) < 4.78 is 1.92. The van der Waals surface area contributed by atoms with Gasteiger partial charge in [-0.05, 0) is 69.6 Å². The van der Waals surface area contributed by atoms with Gasteiger partial charge in [-0.25, -0.2) is 0 Å². The monoisotopic (exact) mass is 427 g/mol. The third kappa shape index (κ3) is 2.96. The summed E-state index contributed by atoms with van der Waals surface area (Å²) in [5.74, 6) is 0.603. The van der Waals surface area contributed by atoms with Crippen LogP contribution in [0.2, 0.25) is 0 Å². The lowest BCUT2D eigenvalue weighted by Gasteiger charge is -2.23. The summed E-state index contributed by atoms with van der Waals surface area (Å²) in [4.78, 5) is 14.3. The van der Waals surface area contributed by atoms with Crippen LogP contribution >= 0.6 is 50.1 Å². The van der Waals surface area contributed by atoms with Gasteiger partial charge in [0.15, 0.2) is 0 Å². The maximum Gasteiger partial charge on any atom is 0.255 e. The van der Waals surface area contributed by atoms with Gasteiger partial charge in [-0.2, -0.15) is 0 Å². The highest BCUT2D eigenvalue weighted by atomic mass is 127. The normalized spacial score (nSPS) is 19.7. The molecule has 1 aromatic carbocycles. The lowest BCUT2D eigenvalue weighted by Crippen LogP contribution is -2.36. The van der Waals surface area contributed by atoms with E-state index in [9.17, 15) is 4.79 Å². The Labute approximate surface area is 128 Å². The van der Waals surface area contributed by atoms with E-state index in [0.717, 1.165) is 33.0 Å². The maximum atomic E-state index is 12.4. The molecule has 1 heterocycles. The van der Waals surface area contributed by atoms with Crippen LogP contribution in [0.1, 0.15) is 23.2 Å². The van der Waals surface area contributed by atoms with Gasteiger partial charge in [-0.15, -0.1) is 11.6 Å². The molecule has 1 aliphatic heterocycles. The van der Waals surface area contributed by atoms with E-state index in [0.29, 0.717) is 5.88 Å². The molecule has 2 nitrogen and oxygen atoms in total. The van der Waals surface area contributed by atoms with Crippen LogP contribution in [0.3, 0.4) is 0 Å². The number of nitrogens with zero attached hydrogens (tertiary/aromatic N) is 1. The van der Waals surface area contributed by atoms with Gasteiger partial charge >= 0.3 is 0 Å². The molecule has 1 atom stereocenters. The quantitative estimate of drug-likeness (QED) is 0.517. The lowest BCUT2D eigenvalue weighted by atomic mass is 10.2. The zero-order chi connectivity index (χ0) is 12.4. The zero-order valence-corrected chi connectivity index (χ0v) is 13.6. The lowest BCUT2D eigenvalue weighted by molar-refractivity contribution is 0.0748. The van der Waals surface area contributed by atoms with Gasteiger partial charge in [0.1, 0.15) is 0 Å². The van der Waals surface area contributed by atoms with Gasteiger partial charge in [0.2, 0.25) is 0 Å². The number of benzene rings is 1. The first-order chi connectivity index (χ1) is 8.13. The summed E-state index contributed by atoms with van der Waals surface area (Å²) in [6, 6.07) is 6.00. The minimum atomic E-state index is 0.0820. The predicted octanol–water partition coefficient (Wildman–Crippen LogP) is 3.90. The minimum absolute atomic E-state index is 0.0820. The van der Waals surface area contributed by atoms with Crippen LogP contribution in [-0.2, 0) is 0 Å². The molecular weight excluding hydrogens is 416 g/mol. The Morgan fingerprint density at radius 3 is 3.06 bits per heavy atom. The molecule has 0 spiro atoms. The van der Waals surface area contributed by atoms with E-state index in [4.69, 9.17) is 11.6 Å². The third-order valence-corrected chi connectivity index (χ3v) is 4.69. The fourth-order valence-electron chi connectivity index (χ4n) is 2.08. The minimum Gasteiger partial charge on any atom is -0.334 e. The molecule has 1 fully saturated rings. The van der Waals surface area contributed by atoms with Crippen molar-refractivity contribution in [3.63, 3.8) is 0 Å². The van der Waals surface area contributed by atoms with Gasteiger partial charge in [-0.1, -0.05) is 0 Å². The summed E-state index contributed by atoms with van der Waals surface area (Å²) in [5, 5.41) is 0. The SMILES string of the molecule is O=C(c1cc(I)ccc1Br)N1CCCC1CCl. The first-order valence-corrected chi connectivity index (χ1v) is 7.86. The molecular formula is C12H12BrClINO. The molecule has 0 radical (unpaired) electrons. The predicted molar refractivity (Wildman–Crippen MR) is 81.6 cm³/mol. The summed E-state index contributed by atoms with van der Waals surface area (Å²) in [6.07, 6.45) is 2.06. The van der Waals surface area contributed by atoms with Crippen LogP contribution in [0.5, 0.6) is 0 Å². The van der Waals surface area contributed by atoms with E-state index >= 15 is 0 Å². The van der Waals surface area contributed by atoms with E-state index in [1.807, 2.05) is 23.1 Å². The Hall–Kier alpha value is 0.190. The number of rotatable bonds is 2. The molecule has 0 N–H and O–H groups in total. The van der Waals surface area contributed by atoms with Crippen LogP contribution < -0.4 is 0 Å². The molecule has 0 aromatic heterocycles. The molecule has 0 saturated carbocycles. The largest absolute Gasteiger partial charge is 0.334 e. The third-order valence-electron chi connectivity index (χ3n) is 2.97. The second kappa shape index (κ2) is 5.89. The summed E-state index contributed by atoms with van der Waals surface area (Å²) in [6.45, 7) is 0.814. The average molecular weight is 428 g/mol. The number of hydrogen-bond donors (Lipinski definition) is 0. The van der Waals surface area contributed by atoms with E-state index in [-0.39, 0.29) is 11.9 Å². The average Bonchev–Trinajstić information content (AvgIpc) is 2.79. The van der Waals surface area contributed by atoms with Crippen LogP contribution in [0, 0.1) is 3.57 Å². The van der Waals surface area contributed by atoms with Gasteiger partial charge in [0.25, 0.3) is 5.91 Å². The van der Waals surface area contributed by atoms with Crippen LogP contribution in [0.25, 0.3) is 0 Å². The highest BCUT2D eigenvalue weighted by Gasteiger charge is 2.29. The van der Waals surface area contributed by atoms with Crippen LogP contribution in [0.4, 0.5) is 0 Å². The first-order valence-electron chi connectivity index (χ1n) is 5.45. The van der Waals surface area contributed by atoms with E-state index in [1.54, 1.807) is 0 Å². The fraction of sp³-hybridized carbons (Fsp3) is 0.417. The highest BCUT2D eigenvalue weighted by molar-refractivity contribution is 14.1. The molecule has 1 aliphatic rings. The van der Waals surface area contributed by atoms with Crippen molar-refractivity contribution in [3.05, 3.63) is 31.8 Å². The summed E-state index contributed by atoms with van der Waals surface area (Å²) in [5.41, 5.74) is 0.730. The molecule has 1 aromatic rings. The summed E-state index contributed by atoms with van der Waals surface area (Å²) in [7, 11) is 0. The number of amides is 1.